The van der Waals surface area contributed by atoms with Crippen LogP contribution in [0.4, 0.5) is 0 Å². The van der Waals surface area contributed by atoms with E-state index in [0.717, 1.165) is 0 Å². The van der Waals surface area contributed by atoms with E-state index in [2.05, 4.69) is 0 Å². The van der Waals surface area contributed by atoms with Crippen LogP contribution in [0.3, 0.4) is 0 Å². The number of hydrogen-bond acceptors (Lipinski definition) is 3. The maximum Gasteiger partial charge on any atom is 0.147 e. The van der Waals surface area contributed by atoms with Gasteiger partial charge in [-0.15, -0.1) is 0 Å². The summed E-state index contributed by atoms with van der Waals surface area (Å²) in [6, 6.07) is 0.0572. The molecular formula is C8H17NO3S. The molecule has 1 saturated heterocycles. The molecule has 1 fully saturated rings. The van der Waals surface area contributed by atoms with Crippen LogP contribution in [0.2, 0.25) is 0 Å². The summed E-state index contributed by atoms with van der Waals surface area (Å²) in [4.78, 5) is 0. The Morgan fingerprint density at radius 3 is 2.38 bits per heavy atom. The van der Waals surface area contributed by atoms with Crippen molar-refractivity contribution < 1.29 is 13.1 Å². The molecule has 1 aliphatic rings. The Morgan fingerprint density at radius 1 is 1.54 bits per heavy atom. The van der Waals surface area contributed by atoms with Gasteiger partial charge in [0.25, 0.3) is 0 Å². The van der Waals surface area contributed by atoms with Gasteiger partial charge in [-0.1, -0.05) is 0 Å². The number of quaternary nitrogens is 1. The lowest BCUT2D eigenvalue weighted by atomic mass is 9.88. The second-order valence-corrected chi connectivity index (χ2v) is 6.54. The van der Waals surface area contributed by atoms with Crippen molar-refractivity contribution in [3.63, 3.8) is 0 Å². The molecule has 1 rings (SSSR count). The summed E-state index contributed by atoms with van der Waals surface area (Å²) >= 11 is 0. The van der Waals surface area contributed by atoms with E-state index >= 15 is 0 Å². The van der Waals surface area contributed by atoms with E-state index in [1.54, 1.807) is 7.05 Å². The number of hydroxylamine groups is 3. The third-order valence-electron chi connectivity index (χ3n) is 3.00. The van der Waals surface area contributed by atoms with E-state index in [9.17, 15) is 13.6 Å². The smallest absolute Gasteiger partial charge is 0.147 e. The van der Waals surface area contributed by atoms with Crippen LogP contribution in [0.25, 0.3) is 0 Å². The molecule has 78 valence electrons. The summed E-state index contributed by atoms with van der Waals surface area (Å²) in [5.74, 6) is 0.499. The van der Waals surface area contributed by atoms with E-state index < -0.39 is 9.84 Å². The third kappa shape index (κ3) is 2.65. The molecule has 0 aromatic carbocycles. The zero-order chi connectivity index (χ0) is 10.3. The molecule has 13 heavy (non-hydrogen) atoms. The van der Waals surface area contributed by atoms with Crippen molar-refractivity contribution >= 4 is 9.84 Å². The fraction of sp³-hybridized carbons (Fsp3) is 1.00. The van der Waals surface area contributed by atoms with Gasteiger partial charge in [-0.2, -0.15) is 0 Å². The zero-order valence-corrected chi connectivity index (χ0v) is 9.17. The van der Waals surface area contributed by atoms with Gasteiger partial charge < -0.3 is 9.85 Å². The molecule has 1 heterocycles. The summed E-state index contributed by atoms with van der Waals surface area (Å²) in [5.41, 5.74) is 0. The molecule has 3 unspecified atom stereocenters. The minimum absolute atomic E-state index is 0.0572. The Balaban J connectivity index is 2.36. The van der Waals surface area contributed by atoms with E-state index in [0.29, 0.717) is 13.0 Å². The Kier molecular flexibility index (Phi) is 2.71. The van der Waals surface area contributed by atoms with E-state index in [1.807, 2.05) is 6.92 Å². The first-order chi connectivity index (χ1) is 5.72. The van der Waals surface area contributed by atoms with Crippen LogP contribution in [-0.4, -0.2) is 44.7 Å². The fourth-order valence-corrected chi connectivity index (χ4v) is 2.52. The Labute approximate surface area is 79.6 Å². The predicted molar refractivity (Wildman–Crippen MR) is 51.7 cm³/mol. The van der Waals surface area contributed by atoms with Gasteiger partial charge in [0.1, 0.15) is 9.84 Å². The molecule has 0 aliphatic carbocycles. The summed E-state index contributed by atoms with van der Waals surface area (Å²) in [5, 5.41) is 11.4. The Morgan fingerprint density at radius 2 is 2.08 bits per heavy atom. The topological polar surface area (TPSA) is 57.2 Å². The number of sulfone groups is 1. The molecule has 3 atom stereocenters. The molecule has 5 heteroatoms. The monoisotopic (exact) mass is 207 g/mol. The predicted octanol–water partition coefficient (Wildman–Crippen LogP) is 0.384. The van der Waals surface area contributed by atoms with Crippen LogP contribution in [0.5, 0.6) is 0 Å². The molecule has 0 bridgehead atoms. The molecule has 1 aliphatic heterocycles. The van der Waals surface area contributed by atoms with Gasteiger partial charge in [0.05, 0.1) is 31.3 Å². The van der Waals surface area contributed by atoms with E-state index in [4.69, 9.17) is 0 Å². The second kappa shape index (κ2) is 3.22. The average Bonchev–Trinajstić information content (AvgIpc) is 1.95. The minimum Gasteiger partial charge on any atom is -0.633 e. The summed E-state index contributed by atoms with van der Waals surface area (Å²) in [6.45, 7) is 2.46. The van der Waals surface area contributed by atoms with Gasteiger partial charge in [0.2, 0.25) is 0 Å². The Bertz CT molecular complexity index is 284. The SMILES string of the molecule is CC1C(CCS(C)(=O)=O)C[N+]1(C)[O-]. The first-order valence-corrected chi connectivity index (χ1v) is 6.52. The molecule has 0 aromatic heterocycles. The zero-order valence-electron chi connectivity index (χ0n) is 8.36. The van der Waals surface area contributed by atoms with Crippen molar-refractivity contribution in [2.75, 3.05) is 25.6 Å². The average molecular weight is 207 g/mol. The molecule has 4 nitrogen and oxygen atoms in total. The van der Waals surface area contributed by atoms with Crippen molar-refractivity contribution in [2.45, 2.75) is 19.4 Å². The van der Waals surface area contributed by atoms with E-state index in [-0.39, 0.29) is 22.4 Å². The van der Waals surface area contributed by atoms with Crippen molar-refractivity contribution in [3.8, 4) is 0 Å². The molecule has 0 radical (unpaired) electrons. The van der Waals surface area contributed by atoms with Crippen LogP contribution in [-0.2, 0) is 9.84 Å². The Hall–Kier alpha value is -0.130. The number of likely N-dealkylation sites (tertiary alicyclic amines) is 1. The maximum atomic E-state index is 11.4. The summed E-state index contributed by atoms with van der Waals surface area (Å²) < 4.78 is 21.5. The van der Waals surface area contributed by atoms with Crippen LogP contribution in [0.15, 0.2) is 0 Å². The number of nitrogens with zero attached hydrogens (tertiary/aromatic N) is 1. The molecule has 0 saturated carbocycles. The highest BCUT2D eigenvalue weighted by atomic mass is 32.2. The second-order valence-electron chi connectivity index (χ2n) is 4.28. The number of hydrogen-bond donors (Lipinski definition) is 0. The van der Waals surface area contributed by atoms with Crippen LogP contribution in [0.1, 0.15) is 13.3 Å². The lowest BCUT2D eigenvalue weighted by Gasteiger charge is -2.57. The van der Waals surface area contributed by atoms with Gasteiger partial charge in [-0.3, -0.25) is 0 Å². The van der Waals surface area contributed by atoms with Crippen molar-refractivity contribution in [2.24, 2.45) is 5.92 Å². The number of rotatable bonds is 3. The van der Waals surface area contributed by atoms with Gasteiger partial charge in [-0.05, 0) is 13.3 Å². The quantitative estimate of drug-likeness (QED) is 0.496. The molecule has 0 aromatic rings. The first-order valence-electron chi connectivity index (χ1n) is 4.46. The summed E-state index contributed by atoms with van der Waals surface area (Å²) in [7, 11) is -1.22. The molecular weight excluding hydrogens is 190 g/mol. The fourth-order valence-electron chi connectivity index (χ4n) is 1.79. The largest absolute Gasteiger partial charge is 0.633 e. The molecule has 0 amide bonds. The highest BCUT2D eigenvalue weighted by molar-refractivity contribution is 7.90. The maximum absolute atomic E-state index is 11.4. The lowest BCUT2D eigenvalue weighted by molar-refractivity contribution is -0.938. The first kappa shape index (κ1) is 10.9. The van der Waals surface area contributed by atoms with Gasteiger partial charge in [-0.25, -0.2) is 8.42 Å². The lowest BCUT2D eigenvalue weighted by Crippen LogP contribution is -2.63. The standard InChI is InChI=1S/C8H17NO3S/c1-7-8(6-9(7,2)10)4-5-13(3,11)12/h7-8H,4-6H2,1-3H3. The van der Waals surface area contributed by atoms with Gasteiger partial charge in [0.15, 0.2) is 0 Å². The highest BCUT2D eigenvalue weighted by Gasteiger charge is 2.42. The van der Waals surface area contributed by atoms with Gasteiger partial charge >= 0.3 is 0 Å². The van der Waals surface area contributed by atoms with Crippen molar-refractivity contribution in [1.29, 1.82) is 0 Å². The van der Waals surface area contributed by atoms with Gasteiger partial charge in [0, 0.05) is 6.26 Å². The highest BCUT2D eigenvalue weighted by Crippen LogP contribution is 2.32. The third-order valence-corrected chi connectivity index (χ3v) is 3.98. The summed E-state index contributed by atoms with van der Waals surface area (Å²) in [6.07, 6.45) is 1.87. The van der Waals surface area contributed by atoms with Crippen LogP contribution in [0, 0.1) is 11.1 Å². The van der Waals surface area contributed by atoms with Crippen LogP contribution < -0.4 is 0 Å². The van der Waals surface area contributed by atoms with Crippen molar-refractivity contribution in [1.82, 2.24) is 0 Å². The minimum atomic E-state index is -2.87. The molecule has 0 N–H and O–H groups in total. The van der Waals surface area contributed by atoms with E-state index in [1.165, 1.54) is 6.26 Å². The molecule has 0 spiro atoms. The normalized spacial score (nSPS) is 40.0. The van der Waals surface area contributed by atoms with Crippen LogP contribution >= 0.6 is 0 Å². The van der Waals surface area contributed by atoms with Crippen molar-refractivity contribution in [3.05, 3.63) is 5.21 Å².